The molecule has 0 radical (unpaired) electrons. The van der Waals surface area contributed by atoms with Crippen LogP contribution in [0.3, 0.4) is 0 Å². The zero-order valence-corrected chi connectivity index (χ0v) is 4.13. The highest BCUT2D eigenvalue weighted by Gasteiger charge is 2.27. The highest BCUT2D eigenvalue weighted by molar-refractivity contribution is 5.58. The molecule has 1 fully saturated rings. The van der Waals surface area contributed by atoms with E-state index < -0.39 is 0 Å². The lowest BCUT2D eigenvalue weighted by Crippen LogP contribution is -2.23. The second-order valence-corrected chi connectivity index (χ2v) is 2.05. The lowest BCUT2D eigenvalue weighted by Gasteiger charge is -1.94. The summed E-state index contributed by atoms with van der Waals surface area (Å²) in [7, 11) is 0. The van der Waals surface area contributed by atoms with Gasteiger partial charge in [-0.25, -0.2) is 0 Å². The fourth-order valence-corrected chi connectivity index (χ4v) is 0.592. The van der Waals surface area contributed by atoms with Crippen molar-refractivity contribution in [2.24, 2.45) is 11.7 Å². The summed E-state index contributed by atoms with van der Waals surface area (Å²) in [5, 5.41) is 0. The summed E-state index contributed by atoms with van der Waals surface area (Å²) in [5.74, 6) is 0.525. The number of hydrogen-bond acceptors (Lipinski definition) is 2. The molecule has 40 valence electrons. The van der Waals surface area contributed by atoms with Gasteiger partial charge in [0.25, 0.3) is 0 Å². The maximum Gasteiger partial charge on any atom is 0.136 e. The first-order valence-corrected chi connectivity index (χ1v) is 2.55. The van der Waals surface area contributed by atoms with Crippen LogP contribution in [-0.2, 0) is 4.79 Å². The molecule has 0 amide bonds. The molecule has 0 unspecified atom stereocenters. The number of rotatable bonds is 2. The van der Waals surface area contributed by atoms with E-state index in [0.29, 0.717) is 5.92 Å². The van der Waals surface area contributed by atoms with Gasteiger partial charge in [0.05, 0.1) is 6.04 Å². The number of aldehydes is 1. The average Bonchev–Trinajstić information content (AvgIpc) is 2.44. The van der Waals surface area contributed by atoms with E-state index in [1.54, 1.807) is 0 Å². The van der Waals surface area contributed by atoms with Crippen molar-refractivity contribution in [1.82, 2.24) is 0 Å². The Bertz CT molecular complexity index is 78.1. The van der Waals surface area contributed by atoms with Gasteiger partial charge >= 0.3 is 0 Å². The second-order valence-electron chi connectivity index (χ2n) is 2.05. The minimum absolute atomic E-state index is 0.167. The summed E-state index contributed by atoms with van der Waals surface area (Å²) >= 11 is 0. The van der Waals surface area contributed by atoms with Gasteiger partial charge in [-0.15, -0.1) is 0 Å². The second kappa shape index (κ2) is 1.62. The summed E-state index contributed by atoms with van der Waals surface area (Å²) < 4.78 is 0. The van der Waals surface area contributed by atoms with Crippen molar-refractivity contribution >= 4 is 6.29 Å². The molecule has 2 heteroatoms. The van der Waals surface area contributed by atoms with E-state index >= 15 is 0 Å². The molecule has 1 saturated carbocycles. The molecule has 1 atom stereocenters. The van der Waals surface area contributed by atoms with Gasteiger partial charge in [-0.3, -0.25) is 0 Å². The van der Waals surface area contributed by atoms with Gasteiger partial charge in [-0.05, 0) is 18.8 Å². The van der Waals surface area contributed by atoms with E-state index in [0.717, 1.165) is 19.1 Å². The van der Waals surface area contributed by atoms with Crippen molar-refractivity contribution in [2.75, 3.05) is 0 Å². The van der Waals surface area contributed by atoms with Crippen molar-refractivity contribution in [3.8, 4) is 0 Å². The predicted octanol–water partition coefficient (Wildman–Crippen LogP) is -0.0774. The normalized spacial score (nSPS) is 24.1. The molecule has 0 heterocycles. The molecule has 0 spiro atoms. The standard InChI is InChI=1S/C5H9NO/c6-5(3-7)4-1-2-4/h3-5H,1-2,6H2/t5-/m1/s1. The number of carbonyl (C=O) groups excluding carboxylic acids is 1. The van der Waals surface area contributed by atoms with Gasteiger partial charge in [0.15, 0.2) is 0 Å². The van der Waals surface area contributed by atoms with Gasteiger partial charge in [0.2, 0.25) is 0 Å². The van der Waals surface area contributed by atoms with Crippen LogP contribution in [0.25, 0.3) is 0 Å². The summed E-state index contributed by atoms with van der Waals surface area (Å²) in [4.78, 5) is 9.86. The number of hydrogen-bond donors (Lipinski definition) is 1. The monoisotopic (exact) mass is 99.1 g/mol. The Morgan fingerprint density at radius 3 is 2.43 bits per heavy atom. The maximum absolute atomic E-state index is 9.86. The molecule has 0 bridgehead atoms. The van der Waals surface area contributed by atoms with Crippen molar-refractivity contribution < 1.29 is 4.79 Å². The van der Waals surface area contributed by atoms with E-state index in [2.05, 4.69) is 0 Å². The molecular weight excluding hydrogens is 90.1 g/mol. The summed E-state index contributed by atoms with van der Waals surface area (Å²) in [5.41, 5.74) is 5.31. The Morgan fingerprint density at radius 1 is 1.71 bits per heavy atom. The minimum atomic E-state index is -0.167. The molecule has 0 aliphatic heterocycles. The van der Waals surface area contributed by atoms with E-state index in [1.807, 2.05) is 0 Å². The van der Waals surface area contributed by atoms with Crippen LogP contribution in [0.4, 0.5) is 0 Å². The van der Waals surface area contributed by atoms with Crippen LogP contribution in [-0.4, -0.2) is 12.3 Å². The summed E-state index contributed by atoms with van der Waals surface area (Å²) in [6.07, 6.45) is 3.14. The lowest BCUT2D eigenvalue weighted by molar-refractivity contribution is -0.109. The molecule has 1 aliphatic carbocycles. The zero-order valence-electron chi connectivity index (χ0n) is 4.13. The third-order valence-corrected chi connectivity index (χ3v) is 1.32. The van der Waals surface area contributed by atoms with Gasteiger partial charge in [0.1, 0.15) is 6.29 Å². The molecule has 0 saturated heterocycles. The summed E-state index contributed by atoms with van der Waals surface area (Å²) in [6, 6.07) is -0.167. The van der Waals surface area contributed by atoms with Gasteiger partial charge in [0, 0.05) is 0 Å². The Hall–Kier alpha value is -0.370. The SMILES string of the molecule is N[C@H](C=O)C1CC1. The fourth-order valence-electron chi connectivity index (χ4n) is 0.592. The van der Waals surface area contributed by atoms with E-state index in [9.17, 15) is 4.79 Å². The first-order valence-electron chi connectivity index (χ1n) is 2.55. The van der Waals surface area contributed by atoms with E-state index in [4.69, 9.17) is 5.73 Å². The van der Waals surface area contributed by atoms with Crippen LogP contribution in [0.2, 0.25) is 0 Å². The molecular formula is C5H9NO. The topological polar surface area (TPSA) is 43.1 Å². The third kappa shape index (κ3) is 0.996. The Kier molecular flexibility index (Phi) is 1.11. The fraction of sp³-hybridized carbons (Fsp3) is 0.800. The number of carbonyl (C=O) groups is 1. The quantitative estimate of drug-likeness (QED) is 0.492. The molecule has 1 aliphatic rings. The van der Waals surface area contributed by atoms with Gasteiger partial charge < -0.3 is 10.5 Å². The number of nitrogens with two attached hydrogens (primary N) is 1. The largest absolute Gasteiger partial charge is 0.322 e. The molecule has 2 nitrogen and oxygen atoms in total. The lowest BCUT2D eigenvalue weighted by atomic mass is 10.2. The van der Waals surface area contributed by atoms with Gasteiger partial charge in [-0.1, -0.05) is 0 Å². The Balaban J connectivity index is 2.22. The highest BCUT2D eigenvalue weighted by Crippen LogP contribution is 2.30. The van der Waals surface area contributed by atoms with Crippen molar-refractivity contribution in [2.45, 2.75) is 18.9 Å². The highest BCUT2D eigenvalue weighted by atomic mass is 16.1. The van der Waals surface area contributed by atoms with Crippen LogP contribution in [0.1, 0.15) is 12.8 Å². The Morgan fingerprint density at radius 2 is 2.29 bits per heavy atom. The average molecular weight is 99.1 g/mol. The van der Waals surface area contributed by atoms with Crippen molar-refractivity contribution in [3.63, 3.8) is 0 Å². The molecule has 1 rings (SSSR count). The van der Waals surface area contributed by atoms with Crippen molar-refractivity contribution in [3.05, 3.63) is 0 Å². The van der Waals surface area contributed by atoms with Crippen LogP contribution >= 0.6 is 0 Å². The van der Waals surface area contributed by atoms with Crippen molar-refractivity contribution in [1.29, 1.82) is 0 Å². The predicted molar refractivity (Wildman–Crippen MR) is 26.8 cm³/mol. The van der Waals surface area contributed by atoms with Crippen LogP contribution < -0.4 is 5.73 Å². The Labute approximate surface area is 42.7 Å². The molecule has 0 aromatic heterocycles. The van der Waals surface area contributed by atoms with Crippen LogP contribution in [0.15, 0.2) is 0 Å². The van der Waals surface area contributed by atoms with E-state index in [1.165, 1.54) is 0 Å². The molecule has 0 aromatic rings. The summed E-state index contributed by atoms with van der Waals surface area (Å²) in [6.45, 7) is 0. The first-order chi connectivity index (χ1) is 3.34. The smallest absolute Gasteiger partial charge is 0.136 e. The maximum atomic E-state index is 9.86. The van der Waals surface area contributed by atoms with E-state index in [-0.39, 0.29) is 6.04 Å². The van der Waals surface area contributed by atoms with Gasteiger partial charge in [-0.2, -0.15) is 0 Å². The van der Waals surface area contributed by atoms with Crippen LogP contribution in [0, 0.1) is 5.92 Å². The first kappa shape index (κ1) is 4.78. The molecule has 7 heavy (non-hydrogen) atoms. The third-order valence-electron chi connectivity index (χ3n) is 1.32. The zero-order chi connectivity index (χ0) is 5.28. The minimum Gasteiger partial charge on any atom is -0.322 e. The molecule has 0 aromatic carbocycles. The molecule has 2 N–H and O–H groups in total. The van der Waals surface area contributed by atoms with Crippen LogP contribution in [0.5, 0.6) is 0 Å².